The molecule has 4 aromatic rings. The summed E-state index contributed by atoms with van der Waals surface area (Å²) in [7, 11) is 2.54. The minimum absolute atomic E-state index is 0.155. The Morgan fingerprint density at radius 3 is 2.34 bits per heavy atom. The van der Waals surface area contributed by atoms with Gasteiger partial charge in [-0.3, -0.25) is 9.59 Å². The number of fused-ring (bicyclic) bond motifs is 1. The topological polar surface area (TPSA) is 175 Å². The first-order valence-electron chi connectivity index (χ1n) is 18.7. The fourth-order valence-corrected chi connectivity index (χ4v) is 7.28. The van der Waals surface area contributed by atoms with Gasteiger partial charge in [0.05, 0.1) is 49.0 Å². The van der Waals surface area contributed by atoms with Crippen LogP contribution in [0.25, 0.3) is 22.3 Å². The van der Waals surface area contributed by atoms with Crippen molar-refractivity contribution >= 4 is 35.0 Å². The number of nitrogens with one attached hydrogen (secondary N) is 4. The van der Waals surface area contributed by atoms with E-state index in [1.807, 2.05) is 70.2 Å². The van der Waals surface area contributed by atoms with Crippen LogP contribution in [-0.4, -0.2) is 93.1 Å². The van der Waals surface area contributed by atoms with Crippen molar-refractivity contribution in [3.05, 3.63) is 95.2 Å². The van der Waals surface area contributed by atoms with Gasteiger partial charge in [-0.05, 0) is 80.5 Å². The molecular formula is C42H48N8O6. The maximum Gasteiger partial charge on any atom is 0.407 e. The summed E-state index contributed by atoms with van der Waals surface area (Å²) >= 11 is 0. The molecule has 4 N–H and O–H groups in total. The van der Waals surface area contributed by atoms with Gasteiger partial charge in [0, 0.05) is 24.2 Å². The standard InChI is InChI=1S/C42H48N8O6/c1-24(2)21-32(47-41(53)55-6)39(51)49-19-8-9-33(49)36-35(43-23-44-36)29-15-12-27(13-16-29)10-11-28-14-17-30-31(22-28)46-38(45-30)37-26(5)18-20-50(37)40(52)34(25(3)4)48-42(54)56-7/h12-17,21-23,25,32-34,37H,5,8-9,18-20H2,1-4,6-7H3,(H,43,44)(H,45,46)(H,47,53)(H,48,54)/t32?,33-,34-,37-/m0/s1. The number of likely N-dealkylation sites (tertiary alicyclic amines) is 2. The van der Waals surface area contributed by atoms with Crippen molar-refractivity contribution in [2.24, 2.45) is 5.92 Å². The fourth-order valence-electron chi connectivity index (χ4n) is 7.28. The Kier molecular flexibility index (Phi) is 11.9. The van der Waals surface area contributed by atoms with Crippen LogP contribution in [0.2, 0.25) is 0 Å². The Labute approximate surface area is 326 Å². The quantitative estimate of drug-likeness (QED) is 0.120. The Hall–Kier alpha value is -6.36. The number of imidazole rings is 2. The van der Waals surface area contributed by atoms with Crippen LogP contribution in [-0.2, 0) is 19.1 Å². The van der Waals surface area contributed by atoms with Crippen LogP contribution in [0.3, 0.4) is 0 Å². The zero-order valence-corrected chi connectivity index (χ0v) is 32.6. The molecule has 2 aliphatic rings. The molecule has 4 heterocycles. The van der Waals surface area contributed by atoms with Crippen LogP contribution in [0.4, 0.5) is 9.59 Å². The molecule has 2 aliphatic heterocycles. The summed E-state index contributed by atoms with van der Waals surface area (Å²) in [4.78, 5) is 71.0. The number of carbonyl (C=O) groups is 4. The largest absolute Gasteiger partial charge is 0.453 e. The summed E-state index contributed by atoms with van der Waals surface area (Å²) in [5.74, 6) is 6.50. The number of aromatic nitrogens is 4. The van der Waals surface area contributed by atoms with Crippen molar-refractivity contribution in [3.63, 3.8) is 0 Å². The third-order valence-corrected chi connectivity index (χ3v) is 10.1. The van der Waals surface area contributed by atoms with Gasteiger partial charge >= 0.3 is 12.2 Å². The molecule has 2 fully saturated rings. The minimum atomic E-state index is -0.849. The highest BCUT2D eigenvalue weighted by Gasteiger charge is 2.40. The molecule has 0 bridgehead atoms. The Morgan fingerprint density at radius 2 is 1.64 bits per heavy atom. The lowest BCUT2D eigenvalue weighted by Crippen LogP contribution is -2.51. The molecule has 292 valence electrons. The number of carbonyl (C=O) groups excluding carboxylic acids is 4. The van der Waals surface area contributed by atoms with E-state index >= 15 is 0 Å². The van der Waals surface area contributed by atoms with Gasteiger partial charge in [0.2, 0.25) is 11.8 Å². The van der Waals surface area contributed by atoms with E-state index < -0.39 is 30.3 Å². The summed E-state index contributed by atoms with van der Waals surface area (Å²) in [6.45, 7) is 12.7. The number of H-pyrrole nitrogens is 2. The number of hydrogen-bond acceptors (Lipinski definition) is 8. The summed E-state index contributed by atoms with van der Waals surface area (Å²) < 4.78 is 9.52. The third kappa shape index (κ3) is 8.47. The van der Waals surface area contributed by atoms with Gasteiger partial charge < -0.3 is 39.9 Å². The molecule has 2 aromatic heterocycles. The summed E-state index contributed by atoms with van der Waals surface area (Å²) in [5.41, 5.74) is 7.35. The number of allylic oxidation sites excluding steroid dienone is 1. The second kappa shape index (κ2) is 17.0. The summed E-state index contributed by atoms with van der Waals surface area (Å²) in [6.07, 6.45) is 4.22. The number of aromatic amines is 2. The maximum atomic E-state index is 13.7. The molecule has 1 unspecified atom stereocenters. The van der Waals surface area contributed by atoms with Crippen LogP contribution in [0, 0.1) is 17.8 Å². The van der Waals surface area contributed by atoms with E-state index in [1.165, 1.54) is 14.2 Å². The number of nitrogens with zero attached hydrogens (tertiary/aromatic N) is 4. The van der Waals surface area contributed by atoms with E-state index in [4.69, 9.17) is 14.5 Å². The number of rotatable bonds is 9. The lowest BCUT2D eigenvalue weighted by Gasteiger charge is -2.30. The van der Waals surface area contributed by atoms with Crippen molar-refractivity contribution in [2.75, 3.05) is 27.3 Å². The lowest BCUT2D eigenvalue weighted by molar-refractivity contribution is -0.135. The van der Waals surface area contributed by atoms with Crippen LogP contribution < -0.4 is 10.6 Å². The SMILES string of the molecule is C=C1CCN(C(=O)[C@@H](NC(=O)OC)C(C)C)[C@@H]1c1nc2cc(C#Cc3ccc(-c4[nH]cnc4[C@@H]4CCCN4C(=O)C(C=C(C)C)NC(=O)OC)cc3)ccc2[nH]1. The van der Waals surface area contributed by atoms with E-state index in [0.29, 0.717) is 30.9 Å². The lowest BCUT2D eigenvalue weighted by atomic mass is 10.0. The van der Waals surface area contributed by atoms with Crippen LogP contribution in [0.15, 0.2) is 72.6 Å². The van der Waals surface area contributed by atoms with E-state index in [1.54, 1.807) is 22.2 Å². The number of hydrogen-bond donors (Lipinski definition) is 4. The summed E-state index contributed by atoms with van der Waals surface area (Å²) in [5, 5.41) is 5.33. The molecule has 0 saturated carbocycles. The first-order valence-corrected chi connectivity index (χ1v) is 18.7. The molecule has 0 radical (unpaired) electrons. The van der Waals surface area contributed by atoms with Gasteiger partial charge in [-0.1, -0.05) is 56.0 Å². The molecule has 2 saturated heterocycles. The number of methoxy groups -OCH3 is 2. The van der Waals surface area contributed by atoms with Gasteiger partial charge in [-0.15, -0.1) is 0 Å². The monoisotopic (exact) mass is 760 g/mol. The zero-order chi connectivity index (χ0) is 40.1. The highest BCUT2D eigenvalue weighted by molar-refractivity contribution is 5.89. The molecule has 2 aromatic carbocycles. The molecule has 14 heteroatoms. The first kappa shape index (κ1) is 39.3. The number of amides is 4. The number of ether oxygens (including phenoxy) is 2. The molecular weight excluding hydrogens is 713 g/mol. The Bertz CT molecular complexity index is 2220. The van der Waals surface area contributed by atoms with Crippen molar-refractivity contribution < 1.29 is 28.7 Å². The van der Waals surface area contributed by atoms with E-state index in [0.717, 1.165) is 57.6 Å². The highest BCUT2D eigenvalue weighted by atomic mass is 16.5. The summed E-state index contributed by atoms with van der Waals surface area (Å²) in [6, 6.07) is 11.3. The second-order valence-corrected chi connectivity index (χ2v) is 14.6. The molecule has 6 rings (SSSR count). The average Bonchev–Trinajstić information content (AvgIpc) is 4.01. The zero-order valence-electron chi connectivity index (χ0n) is 32.6. The smallest absolute Gasteiger partial charge is 0.407 e. The predicted octanol–water partition coefficient (Wildman–Crippen LogP) is 5.92. The maximum absolute atomic E-state index is 13.7. The Morgan fingerprint density at radius 1 is 0.946 bits per heavy atom. The van der Waals surface area contributed by atoms with Crippen LogP contribution in [0.5, 0.6) is 0 Å². The van der Waals surface area contributed by atoms with E-state index in [-0.39, 0.29) is 23.8 Å². The minimum Gasteiger partial charge on any atom is -0.453 e. The van der Waals surface area contributed by atoms with E-state index in [2.05, 4.69) is 44.0 Å². The third-order valence-electron chi connectivity index (χ3n) is 10.1. The molecule has 4 atom stereocenters. The van der Waals surface area contributed by atoms with Gasteiger partial charge in [0.1, 0.15) is 23.9 Å². The van der Waals surface area contributed by atoms with Crippen molar-refractivity contribution in [1.29, 1.82) is 0 Å². The van der Waals surface area contributed by atoms with Crippen LogP contribution >= 0.6 is 0 Å². The van der Waals surface area contributed by atoms with Gasteiger partial charge in [0.25, 0.3) is 0 Å². The van der Waals surface area contributed by atoms with Gasteiger partial charge in [-0.25, -0.2) is 19.6 Å². The normalized spacial score (nSPS) is 17.6. The Balaban J connectivity index is 1.17. The predicted molar refractivity (Wildman–Crippen MR) is 211 cm³/mol. The molecule has 56 heavy (non-hydrogen) atoms. The molecule has 4 amide bonds. The fraction of sp³-hybridized carbons (Fsp3) is 0.381. The van der Waals surface area contributed by atoms with Crippen molar-refractivity contribution in [1.82, 2.24) is 40.4 Å². The van der Waals surface area contributed by atoms with Crippen molar-refractivity contribution in [3.8, 4) is 23.1 Å². The van der Waals surface area contributed by atoms with Crippen LogP contribution in [0.1, 0.15) is 81.7 Å². The first-order chi connectivity index (χ1) is 26.9. The van der Waals surface area contributed by atoms with Gasteiger partial charge in [0.15, 0.2) is 0 Å². The number of benzene rings is 2. The molecule has 14 nitrogen and oxygen atoms in total. The second-order valence-electron chi connectivity index (χ2n) is 14.6. The van der Waals surface area contributed by atoms with Gasteiger partial charge in [-0.2, -0.15) is 0 Å². The highest BCUT2D eigenvalue weighted by Crippen LogP contribution is 2.38. The molecule has 0 aliphatic carbocycles. The molecule has 0 spiro atoms. The number of alkyl carbamates (subject to hydrolysis) is 2. The van der Waals surface area contributed by atoms with Crippen molar-refractivity contribution in [2.45, 2.75) is 71.1 Å². The van der Waals surface area contributed by atoms with E-state index in [9.17, 15) is 19.2 Å². The average molecular weight is 761 g/mol.